The summed E-state index contributed by atoms with van der Waals surface area (Å²) < 4.78 is 13.4. The second-order valence-electron chi connectivity index (χ2n) is 13.8. The zero-order valence-corrected chi connectivity index (χ0v) is 29.6. The predicted molar refractivity (Wildman–Crippen MR) is 193 cm³/mol. The molecule has 0 aromatic rings. The first-order valence-electron chi connectivity index (χ1n) is 19.3. The molecule has 2 atom stereocenters. The summed E-state index contributed by atoms with van der Waals surface area (Å²) in [6.45, 7) is 6.58. The Morgan fingerprint density at radius 3 is 1.27 bits per heavy atom. The Hall–Kier alpha value is -1.16. The maximum absolute atomic E-state index is 6.70. The van der Waals surface area contributed by atoms with Crippen molar-refractivity contribution in [1.29, 1.82) is 0 Å². The van der Waals surface area contributed by atoms with E-state index in [0.717, 1.165) is 38.8 Å². The van der Waals surface area contributed by atoms with Gasteiger partial charge >= 0.3 is 0 Å². The Bertz CT molecular complexity index is 755. The van der Waals surface area contributed by atoms with E-state index in [1.165, 1.54) is 135 Å². The largest absolute Gasteiger partial charge is 0.343 e. The van der Waals surface area contributed by atoms with Gasteiger partial charge in [0.25, 0.3) is 0 Å². The normalized spacial score (nSPS) is 20.4. The SMILES string of the molecule is CCCC/C=C\C/C=C\CCCCCCCCC1(CCCCCCCC/C=C\C/C=C\CCCCC)O[C@@H]2CN(C)C[C@H]2O1. The van der Waals surface area contributed by atoms with Crippen LogP contribution in [0.25, 0.3) is 0 Å². The number of rotatable bonds is 29. The molecule has 3 nitrogen and oxygen atoms in total. The van der Waals surface area contributed by atoms with Crippen molar-refractivity contribution in [2.24, 2.45) is 0 Å². The Morgan fingerprint density at radius 2 is 0.841 bits per heavy atom. The molecular weight excluding hydrogens is 538 g/mol. The van der Waals surface area contributed by atoms with Crippen LogP contribution in [0.3, 0.4) is 0 Å². The van der Waals surface area contributed by atoms with Crippen LogP contribution in [0, 0.1) is 0 Å². The van der Waals surface area contributed by atoms with E-state index in [1.54, 1.807) is 0 Å². The Kier molecular flexibility index (Phi) is 23.9. The molecule has 0 bridgehead atoms. The molecule has 2 fully saturated rings. The van der Waals surface area contributed by atoms with E-state index in [9.17, 15) is 0 Å². The average molecular weight is 612 g/mol. The molecule has 0 spiro atoms. The second-order valence-corrected chi connectivity index (χ2v) is 13.8. The Morgan fingerprint density at radius 1 is 0.477 bits per heavy atom. The third-order valence-corrected chi connectivity index (χ3v) is 9.40. The van der Waals surface area contributed by atoms with Gasteiger partial charge in [-0.2, -0.15) is 0 Å². The minimum absolute atomic E-state index is 0.282. The molecule has 0 unspecified atom stereocenters. The number of unbranched alkanes of at least 4 members (excludes halogenated alkanes) is 17. The number of ether oxygens (including phenoxy) is 2. The van der Waals surface area contributed by atoms with Crippen molar-refractivity contribution in [1.82, 2.24) is 4.90 Å². The van der Waals surface area contributed by atoms with Crippen LogP contribution in [0.5, 0.6) is 0 Å². The molecule has 2 saturated heterocycles. The molecule has 2 rings (SSSR count). The van der Waals surface area contributed by atoms with Crippen molar-refractivity contribution in [3.63, 3.8) is 0 Å². The van der Waals surface area contributed by atoms with Crippen LogP contribution in [0.1, 0.15) is 174 Å². The molecule has 0 aromatic heterocycles. The summed E-state index contributed by atoms with van der Waals surface area (Å²) in [5, 5.41) is 0. The standard InChI is InChI=1S/C41H73NO2/c1-4-6-8-10-12-14-16-18-20-22-24-26-28-30-32-34-36-41(43-39-37-42(3)38-40(39)44-41)35-33-31-29-27-25-23-21-19-17-15-13-11-9-7-5-2/h11-14,17-20,39-40H,4-10,15-16,21-38H2,1-3H3/b13-11-,14-12-,19-17-,20-18-/t39-,40-/m1/s1. The van der Waals surface area contributed by atoms with Gasteiger partial charge in [0.2, 0.25) is 0 Å². The zero-order chi connectivity index (χ0) is 31.4. The minimum atomic E-state index is -0.304. The van der Waals surface area contributed by atoms with E-state index in [0.29, 0.717) is 0 Å². The lowest BCUT2D eigenvalue weighted by Crippen LogP contribution is -2.34. The molecule has 0 amide bonds. The van der Waals surface area contributed by atoms with E-state index in [2.05, 4.69) is 74.4 Å². The molecule has 0 aromatic carbocycles. The molecule has 2 aliphatic rings. The quantitative estimate of drug-likeness (QED) is 0.0620. The Balaban J connectivity index is 1.50. The summed E-state index contributed by atoms with van der Waals surface area (Å²) in [5.41, 5.74) is 0. The van der Waals surface area contributed by atoms with Gasteiger partial charge in [-0.25, -0.2) is 0 Å². The van der Waals surface area contributed by atoms with Crippen molar-refractivity contribution >= 4 is 0 Å². The van der Waals surface area contributed by atoms with Crippen molar-refractivity contribution < 1.29 is 9.47 Å². The molecule has 2 aliphatic heterocycles. The van der Waals surface area contributed by atoms with Crippen LogP contribution in [-0.2, 0) is 9.47 Å². The summed E-state index contributed by atoms with van der Waals surface area (Å²) >= 11 is 0. The number of likely N-dealkylation sites (tertiary alicyclic amines) is 1. The number of fused-ring (bicyclic) bond motifs is 1. The number of hydrogen-bond donors (Lipinski definition) is 0. The van der Waals surface area contributed by atoms with Crippen molar-refractivity contribution in [3.8, 4) is 0 Å². The first-order chi connectivity index (χ1) is 21.7. The van der Waals surface area contributed by atoms with Gasteiger partial charge < -0.3 is 14.4 Å². The van der Waals surface area contributed by atoms with Gasteiger partial charge in [-0.15, -0.1) is 0 Å². The molecule has 0 N–H and O–H groups in total. The summed E-state index contributed by atoms with van der Waals surface area (Å²) in [7, 11) is 2.19. The van der Waals surface area contributed by atoms with Crippen LogP contribution in [-0.4, -0.2) is 43.0 Å². The fourth-order valence-electron chi connectivity index (χ4n) is 6.67. The highest BCUT2D eigenvalue weighted by Gasteiger charge is 2.49. The predicted octanol–water partition coefficient (Wildman–Crippen LogP) is 12.4. The van der Waals surface area contributed by atoms with Gasteiger partial charge in [0.05, 0.1) is 0 Å². The third kappa shape index (κ3) is 19.4. The van der Waals surface area contributed by atoms with E-state index in [-0.39, 0.29) is 18.0 Å². The van der Waals surface area contributed by atoms with Gasteiger partial charge in [-0.05, 0) is 77.7 Å². The first-order valence-corrected chi connectivity index (χ1v) is 19.3. The van der Waals surface area contributed by atoms with Crippen molar-refractivity contribution in [2.45, 2.75) is 192 Å². The third-order valence-electron chi connectivity index (χ3n) is 9.40. The zero-order valence-electron chi connectivity index (χ0n) is 29.6. The highest BCUT2D eigenvalue weighted by molar-refractivity contribution is 4.95. The maximum atomic E-state index is 6.70. The van der Waals surface area contributed by atoms with Gasteiger partial charge in [-0.3, -0.25) is 0 Å². The monoisotopic (exact) mass is 612 g/mol. The number of likely N-dealkylation sites (N-methyl/N-ethyl adjacent to an activating group) is 1. The minimum Gasteiger partial charge on any atom is -0.343 e. The maximum Gasteiger partial charge on any atom is 0.169 e. The van der Waals surface area contributed by atoms with E-state index in [4.69, 9.17) is 9.47 Å². The van der Waals surface area contributed by atoms with Crippen molar-refractivity contribution in [2.75, 3.05) is 20.1 Å². The lowest BCUT2D eigenvalue weighted by molar-refractivity contribution is -0.193. The van der Waals surface area contributed by atoms with Gasteiger partial charge in [0.15, 0.2) is 5.79 Å². The number of nitrogens with zero attached hydrogens (tertiary/aromatic N) is 1. The number of allylic oxidation sites excluding steroid dienone is 8. The highest BCUT2D eigenvalue weighted by atomic mass is 16.8. The van der Waals surface area contributed by atoms with Gasteiger partial charge in [-0.1, -0.05) is 140 Å². The highest BCUT2D eigenvalue weighted by Crippen LogP contribution is 2.40. The van der Waals surface area contributed by atoms with Gasteiger partial charge in [0.1, 0.15) is 12.2 Å². The van der Waals surface area contributed by atoms with Crippen LogP contribution in [0.15, 0.2) is 48.6 Å². The molecule has 2 heterocycles. The number of hydrogen-bond acceptors (Lipinski definition) is 3. The summed E-state index contributed by atoms with van der Waals surface area (Å²) in [4.78, 5) is 2.36. The van der Waals surface area contributed by atoms with E-state index >= 15 is 0 Å². The fourth-order valence-corrected chi connectivity index (χ4v) is 6.67. The van der Waals surface area contributed by atoms with Crippen LogP contribution < -0.4 is 0 Å². The molecule has 0 aliphatic carbocycles. The lowest BCUT2D eigenvalue weighted by atomic mass is 9.98. The average Bonchev–Trinajstić information content (AvgIpc) is 3.52. The molecule has 0 saturated carbocycles. The second kappa shape index (κ2) is 27.0. The molecular formula is C41H73NO2. The van der Waals surface area contributed by atoms with E-state index in [1.807, 2.05) is 0 Å². The van der Waals surface area contributed by atoms with E-state index < -0.39 is 0 Å². The van der Waals surface area contributed by atoms with Crippen LogP contribution >= 0.6 is 0 Å². The summed E-state index contributed by atoms with van der Waals surface area (Å²) in [6, 6.07) is 0. The first kappa shape index (κ1) is 39.0. The lowest BCUT2D eigenvalue weighted by Gasteiger charge is -2.30. The molecule has 0 radical (unpaired) electrons. The Labute approximate surface area is 275 Å². The molecule has 44 heavy (non-hydrogen) atoms. The molecule has 254 valence electrons. The van der Waals surface area contributed by atoms with Crippen LogP contribution in [0.2, 0.25) is 0 Å². The fraction of sp³-hybridized carbons (Fsp3) is 0.805. The molecule has 3 heteroatoms. The summed E-state index contributed by atoms with van der Waals surface area (Å²) in [6.07, 6.45) is 51.2. The summed E-state index contributed by atoms with van der Waals surface area (Å²) in [5.74, 6) is -0.304. The van der Waals surface area contributed by atoms with Crippen LogP contribution in [0.4, 0.5) is 0 Å². The topological polar surface area (TPSA) is 21.7 Å². The van der Waals surface area contributed by atoms with Crippen molar-refractivity contribution in [3.05, 3.63) is 48.6 Å². The van der Waals surface area contributed by atoms with Gasteiger partial charge in [0, 0.05) is 25.9 Å². The smallest absolute Gasteiger partial charge is 0.169 e.